The van der Waals surface area contributed by atoms with Gasteiger partial charge in [-0.2, -0.15) is 0 Å². The quantitative estimate of drug-likeness (QED) is 0.325. The van der Waals surface area contributed by atoms with Crippen molar-refractivity contribution in [2.75, 3.05) is 4.90 Å². The fraction of sp³-hybridized carbons (Fsp3) is 0.269. The van der Waals surface area contributed by atoms with Gasteiger partial charge >= 0.3 is 0 Å². The number of allylic oxidation sites excluding steroid dienone is 1. The molecule has 0 radical (unpaired) electrons. The normalized spacial score (nSPS) is 11.9. The Morgan fingerprint density at radius 2 is 1.97 bits per heavy atom. The number of thiol groups is 1. The molecule has 0 bridgehead atoms. The molecular weight excluding hydrogens is 388 g/mol. The minimum atomic E-state index is 0.369. The maximum Gasteiger partial charge on any atom is 0.150 e. The molecule has 0 N–H and O–H groups in total. The monoisotopic (exact) mass is 418 g/mol. The fourth-order valence-corrected chi connectivity index (χ4v) is 4.30. The lowest BCUT2D eigenvalue weighted by Gasteiger charge is -2.29. The van der Waals surface area contributed by atoms with Crippen LogP contribution in [0.25, 0.3) is 16.6 Å². The first-order chi connectivity index (χ1) is 14.3. The van der Waals surface area contributed by atoms with Crippen molar-refractivity contribution in [3.63, 3.8) is 0 Å². The van der Waals surface area contributed by atoms with Crippen LogP contribution in [0.4, 0.5) is 5.69 Å². The van der Waals surface area contributed by atoms with Crippen LogP contribution in [-0.2, 0) is 6.42 Å². The molecule has 0 unspecified atom stereocenters. The van der Waals surface area contributed by atoms with Crippen LogP contribution in [0.15, 0.2) is 60.3 Å². The fourth-order valence-electron chi connectivity index (χ4n) is 4.09. The molecule has 3 nitrogen and oxygen atoms in total. The lowest BCUT2D eigenvalue weighted by molar-refractivity contribution is 0.112. The van der Waals surface area contributed by atoms with Crippen molar-refractivity contribution in [3.8, 4) is 0 Å². The molecule has 0 aliphatic rings. The highest BCUT2D eigenvalue weighted by Crippen LogP contribution is 2.38. The molecule has 30 heavy (non-hydrogen) atoms. The molecule has 0 aliphatic carbocycles. The third-order valence-corrected chi connectivity index (χ3v) is 5.77. The van der Waals surface area contributed by atoms with Gasteiger partial charge in [-0.1, -0.05) is 37.8 Å². The van der Waals surface area contributed by atoms with Crippen LogP contribution in [0.1, 0.15) is 60.8 Å². The molecule has 3 aromatic rings. The van der Waals surface area contributed by atoms with Gasteiger partial charge in [-0.05, 0) is 69.0 Å². The molecule has 0 spiro atoms. The Morgan fingerprint density at radius 3 is 2.53 bits per heavy atom. The summed E-state index contributed by atoms with van der Waals surface area (Å²) in [5.74, 6) is 0. The maximum absolute atomic E-state index is 11.4. The Balaban J connectivity index is 2.23. The minimum absolute atomic E-state index is 0.369. The molecule has 156 valence electrons. The molecule has 3 rings (SSSR count). The molecule has 1 heterocycles. The summed E-state index contributed by atoms with van der Waals surface area (Å²) in [4.78, 5) is 13.5. The minimum Gasteiger partial charge on any atom is -0.345 e. The van der Waals surface area contributed by atoms with Crippen molar-refractivity contribution >= 4 is 41.2 Å². The van der Waals surface area contributed by atoms with Gasteiger partial charge in [0.05, 0.1) is 16.2 Å². The van der Waals surface area contributed by atoms with Gasteiger partial charge in [-0.15, -0.1) is 12.6 Å². The second-order valence-corrected chi connectivity index (χ2v) is 8.31. The Kier molecular flexibility index (Phi) is 6.57. The van der Waals surface area contributed by atoms with E-state index in [1.165, 1.54) is 16.5 Å². The zero-order valence-electron chi connectivity index (χ0n) is 18.4. The third-order valence-electron chi connectivity index (χ3n) is 5.57. The number of anilines is 1. The summed E-state index contributed by atoms with van der Waals surface area (Å²) in [7, 11) is 0. The van der Waals surface area contributed by atoms with Gasteiger partial charge in [0, 0.05) is 28.9 Å². The van der Waals surface area contributed by atoms with Gasteiger partial charge < -0.3 is 9.47 Å². The van der Waals surface area contributed by atoms with E-state index in [0.717, 1.165) is 40.8 Å². The van der Waals surface area contributed by atoms with Crippen molar-refractivity contribution in [1.29, 1.82) is 0 Å². The van der Waals surface area contributed by atoms with Gasteiger partial charge in [-0.25, -0.2) is 0 Å². The molecule has 0 saturated heterocycles. The number of hydrogen-bond donors (Lipinski definition) is 1. The third kappa shape index (κ3) is 3.84. The molecule has 1 aromatic heterocycles. The second-order valence-electron chi connectivity index (χ2n) is 7.79. The number of fused-ring (bicyclic) bond motifs is 1. The van der Waals surface area contributed by atoms with E-state index in [1.54, 1.807) is 0 Å². The molecule has 0 aliphatic heterocycles. The van der Waals surface area contributed by atoms with Crippen LogP contribution >= 0.6 is 12.6 Å². The number of carbonyl (C=O) groups is 1. The Morgan fingerprint density at radius 1 is 1.23 bits per heavy atom. The van der Waals surface area contributed by atoms with Crippen LogP contribution < -0.4 is 4.90 Å². The van der Waals surface area contributed by atoms with Crippen LogP contribution in [0, 0.1) is 6.92 Å². The van der Waals surface area contributed by atoms with Gasteiger partial charge in [-0.3, -0.25) is 4.79 Å². The van der Waals surface area contributed by atoms with Crippen molar-refractivity contribution in [2.45, 2.75) is 47.1 Å². The summed E-state index contributed by atoms with van der Waals surface area (Å²) in [6.07, 6.45) is 5.94. The number of aromatic nitrogens is 1. The standard InChI is InChI=1S/C26H30N2OS/c1-7-20-15-21(10-11-22(20)16-29)24(8-2)28(19(6)30)25-12-9-18(5)26-23(25)13-14-27(26)17(3)4/h8-17,30H,6-7H2,1-5H3/b24-8-. The van der Waals surface area contributed by atoms with E-state index in [9.17, 15) is 4.79 Å². The SMILES string of the molecule is C=C(S)N(/C(=C\C)c1ccc(C=O)c(CC)c1)c1ccc(C)c2c1ccn2C(C)C. The first kappa shape index (κ1) is 22.0. The second kappa shape index (κ2) is 8.97. The number of carbonyl (C=O) groups excluding carboxylic acids is 1. The molecule has 0 atom stereocenters. The van der Waals surface area contributed by atoms with Gasteiger partial charge in [0.1, 0.15) is 6.29 Å². The lowest BCUT2D eigenvalue weighted by Crippen LogP contribution is -2.18. The summed E-state index contributed by atoms with van der Waals surface area (Å²) in [6.45, 7) is 14.8. The van der Waals surface area contributed by atoms with Crippen LogP contribution in [-0.4, -0.2) is 10.9 Å². The molecular formula is C26H30N2OS. The zero-order chi connectivity index (χ0) is 22.0. The molecule has 4 heteroatoms. The van der Waals surface area contributed by atoms with E-state index in [0.29, 0.717) is 11.1 Å². The Bertz CT molecular complexity index is 1140. The van der Waals surface area contributed by atoms with Crippen molar-refractivity contribution < 1.29 is 4.79 Å². The molecule has 0 saturated carbocycles. The highest BCUT2D eigenvalue weighted by Gasteiger charge is 2.20. The van der Waals surface area contributed by atoms with Crippen molar-refractivity contribution in [1.82, 2.24) is 4.57 Å². The maximum atomic E-state index is 11.4. The van der Waals surface area contributed by atoms with Gasteiger partial charge in [0.25, 0.3) is 0 Å². The summed E-state index contributed by atoms with van der Waals surface area (Å²) < 4.78 is 2.30. The largest absolute Gasteiger partial charge is 0.345 e. The van der Waals surface area contributed by atoms with Gasteiger partial charge in [0.15, 0.2) is 0 Å². The lowest BCUT2D eigenvalue weighted by atomic mass is 9.99. The number of benzene rings is 2. The van der Waals surface area contributed by atoms with E-state index in [2.05, 4.69) is 92.9 Å². The van der Waals surface area contributed by atoms with E-state index in [1.807, 2.05) is 19.1 Å². The first-order valence-electron chi connectivity index (χ1n) is 10.4. The molecule has 2 aromatic carbocycles. The smallest absolute Gasteiger partial charge is 0.150 e. The molecule has 0 amide bonds. The average molecular weight is 419 g/mol. The van der Waals surface area contributed by atoms with E-state index in [-0.39, 0.29) is 0 Å². The number of hydrogen-bond acceptors (Lipinski definition) is 3. The molecule has 0 fully saturated rings. The van der Waals surface area contributed by atoms with Gasteiger partial charge in [0.2, 0.25) is 0 Å². The topological polar surface area (TPSA) is 25.2 Å². The number of aryl methyl sites for hydroxylation is 2. The summed E-state index contributed by atoms with van der Waals surface area (Å²) in [6, 6.07) is 12.8. The van der Waals surface area contributed by atoms with Crippen LogP contribution in [0.2, 0.25) is 0 Å². The summed E-state index contributed by atoms with van der Waals surface area (Å²) in [5.41, 5.74) is 7.30. The first-order valence-corrected chi connectivity index (χ1v) is 10.8. The Labute approximate surface area is 185 Å². The summed E-state index contributed by atoms with van der Waals surface area (Å²) >= 11 is 4.66. The van der Waals surface area contributed by atoms with Crippen molar-refractivity contribution in [2.24, 2.45) is 0 Å². The van der Waals surface area contributed by atoms with Crippen molar-refractivity contribution in [3.05, 3.63) is 82.5 Å². The predicted octanol–water partition coefficient (Wildman–Crippen LogP) is 7.17. The number of aldehydes is 1. The van der Waals surface area contributed by atoms with E-state index < -0.39 is 0 Å². The predicted molar refractivity (Wildman–Crippen MR) is 133 cm³/mol. The van der Waals surface area contributed by atoms with Crippen LogP contribution in [0.5, 0.6) is 0 Å². The number of rotatable bonds is 7. The zero-order valence-corrected chi connectivity index (χ0v) is 19.3. The van der Waals surface area contributed by atoms with E-state index in [4.69, 9.17) is 0 Å². The average Bonchev–Trinajstić information content (AvgIpc) is 3.18. The van der Waals surface area contributed by atoms with E-state index >= 15 is 0 Å². The van der Waals surface area contributed by atoms with Crippen LogP contribution in [0.3, 0.4) is 0 Å². The summed E-state index contributed by atoms with van der Waals surface area (Å²) in [5, 5.41) is 1.81. The highest BCUT2D eigenvalue weighted by atomic mass is 32.1. The number of nitrogens with zero attached hydrogens (tertiary/aromatic N) is 2. The highest BCUT2D eigenvalue weighted by molar-refractivity contribution is 7.84. The Hall–Kier alpha value is -2.72.